The first-order valence-corrected chi connectivity index (χ1v) is 5.31. The van der Waals surface area contributed by atoms with E-state index in [1.54, 1.807) is 0 Å². The number of hydrogen-bond acceptors (Lipinski definition) is 3. The molecule has 1 unspecified atom stereocenters. The lowest BCUT2D eigenvalue weighted by Crippen LogP contribution is -2.44. The van der Waals surface area contributed by atoms with Gasteiger partial charge < -0.3 is 15.4 Å². The second kappa shape index (κ2) is 7.91. The quantitative estimate of drug-likeness (QED) is 0.788. The minimum atomic E-state index is -0.451. The van der Waals surface area contributed by atoms with Gasteiger partial charge in [0.05, 0.1) is 0 Å². The number of rotatable bonds is 3. The van der Waals surface area contributed by atoms with Crippen LogP contribution in [-0.4, -0.2) is 43.7 Å². The SMILES string of the molecule is COC(CN)C(=O)N1CCCCCC1.Cl. The van der Waals surface area contributed by atoms with Crippen molar-refractivity contribution in [3.63, 3.8) is 0 Å². The smallest absolute Gasteiger partial charge is 0.253 e. The van der Waals surface area contributed by atoms with Crippen LogP contribution in [0.25, 0.3) is 0 Å². The number of nitrogens with two attached hydrogens (primary N) is 1. The average Bonchev–Trinajstić information content (AvgIpc) is 2.47. The highest BCUT2D eigenvalue weighted by molar-refractivity contribution is 5.85. The van der Waals surface area contributed by atoms with Crippen LogP contribution in [-0.2, 0) is 9.53 Å². The highest BCUT2D eigenvalue weighted by atomic mass is 35.5. The first-order valence-electron chi connectivity index (χ1n) is 5.31. The van der Waals surface area contributed by atoms with Crippen LogP contribution < -0.4 is 5.73 Å². The van der Waals surface area contributed by atoms with Gasteiger partial charge in [-0.3, -0.25) is 4.79 Å². The van der Waals surface area contributed by atoms with Gasteiger partial charge in [0.2, 0.25) is 0 Å². The van der Waals surface area contributed by atoms with E-state index in [2.05, 4.69) is 0 Å². The summed E-state index contributed by atoms with van der Waals surface area (Å²) in [6.07, 6.45) is 4.21. The molecule has 4 nitrogen and oxygen atoms in total. The first kappa shape index (κ1) is 14.7. The maximum absolute atomic E-state index is 11.8. The fraction of sp³-hybridized carbons (Fsp3) is 0.900. The molecule has 0 spiro atoms. The second-order valence-corrected chi connectivity index (χ2v) is 3.70. The van der Waals surface area contributed by atoms with Gasteiger partial charge in [-0.05, 0) is 12.8 Å². The predicted octanol–water partition coefficient (Wildman–Crippen LogP) is 0.784. The number of nitrogens with zero attached hydrogens (tertiary/aromatic N) is 1. The van der Waals surface area contributed by atoms with Gasteiger partial charge in [-0.15, -0.1) is 12.4 Å². The van der Waals surface area contributed by atoms with Crippen molar-refractivity contribution in [3.05, 3.63) is 0 Å². The van der Waals surface area contributed by atoms with E-state index in [0.717, 1.165) is 25.9 Å². The zero-order valence-electron chi connectivity index (χ0n) is 9.28. The van der Waals surface area contributed by atoms with Crippen LogP contribution >= 0.6 is 12.4 Å². The van der Waals surface area contributed by atoms with Gasteiger partial charge in [0, 0.05) is 26.7 Å². The molecule has 1 saturated heterocycles. The summed E-state index contributed by atoms with van der Waals surface area (Å²) in [5, 5.41) is 0. The Kier molecular flexibility index (Phi) is 7.74. The molecule has 15 heavy (non-hydrogen) atoms. The molecule has 1 heterocycles. The molecule has 0 saturated carbocycles. The van der Waals surface area contributed by atoms with Crippen molar-refractivity contribution in [1.29, 1.82) is 0 Å². The minimum Gasteiger partial charge on any atom is -0.370 e. The van der Waals surface area contributed by atoms with E-state index in [-0.39, 0.29) is 24.9 Å². The summed E-state index contributed by atoms with van der Waals surface area (Å²) in [5.74, 6) is 0.0527. The van der Waals surface area contributed by atoms with Gasteiger partial charge in [0.1, 0.15) is 6.10 Å². The Balaban J connectivity index is 0.00000196. The molecule has 2 N–H and O–H groups in total. The maximum atomic E-state index is 11.8. The molecular formula is C10H21ClN2O2. The van der Waals surface area contributed by atoms with Crippen molar-refractivity contribution in [1.82, 2.24) is 4.90 Å². The van der Waals surface area contributed by atoms with Crippen LogP contribution in [0, 0.1) is 0 Å². The Hall–Kier alpha value is -0.320. The van der Waals surface area contributed by atoms with Crippen LogP contribution in [0.3, 0.4) is 0 Å². The fourth-order valence-electron chi connectivity index (χ4n) is 1.79. The Morgan fingerprint density at radius 2 is 1.87 bits per heavy atom. The molecular weight excluding hydrogens is 216 g/mol. The van der Waals surface area contributed by atoms with Crippen LogP contribution in [0.2, 0.25) is 0 Å². The lowest BCUT2D eigenvalue weighted by atomic mass is 10.2. The number of halogens is 1. The number of amides is 1. The Morgan fingerprint density at radius 1 is 1.33 bits per heavy atom. The van der Waals surface area contributed by atoms with Crippen molar-refractivity contribution in [3.8, 4) is 0 Å². The molecule has 1 fully saturated rings. The summed E-state index contributed by atoms with van der Waals surface area (Å²) in [5.41, 5.74) is 5.46. The van der Waals surface area contributed by atoms with E-state index in [0.29, 0.717) is 0 Å². The number of hydrogen-bond donors (Lipinski definition) is 1. The molecule has 90 valence electrons. The molecule has 0 radical (unpaired) electrons. The van der Waals surface area contributed by atoms with E-state index in [4.69, 9.17) is 10.5 Å². The average molecular weight is 237 g/mol. The van der Waals surface area contributed by atoms with Crippen molar-refractivity contribution in [2.75, 3.05) is 26.7 Å². The fourth-order valence-corrected chi connectivity index (χ4v) is 1.79. The lowest BCUT2D eigenvalue weighted by Gasteiger charge is -2.24. The molecule has 1 aliphatic rings. The van der Waals surface area contributed by atoms with Gasteiger partial charge in [0.25, 0.3) is 5.91 Å². The van der Waals surface area contributed by atoms with Gasteiger partial charge in [-0.25, -0.2) is 0 Å². The highest BCUT2D eigenvalue weighted by Gasteiger charge is 2.23. The summed E-state index contributed by atoms with van der Waals surface area (Å²) >= 11 is 0. The number of carbonyl (C=O) groups excluding carboxylic acids is 1. The van der Waals surface area contributed by atoms with E-state index in [1.165, 1.54) is 20.0 Å². The summed E-state index contributed by atoms with van der Waals surface area (Å²) in [4.78, 5) is 13.7. The summed E-state index contributed by atoms with van der Waals surface area (Å²) in [6, 6.07) is 0. The molecule has 1 amide bonds. The largest absolute Gasteiger partial charge is 0.370 e. The van der Waals surface area contributed by atoms with Crippen LogP contribution in [0.1, 0.15) is 25.7 Å². The van der Waals surface area contributed by atoms with Crippen LogP contribution in [0.4, 0.5) is 0 Å². The summed E-state index contributed by atoms with van der Waals surface area (Å²) < 4.78 is 5.04. The molecule has 0 bridgehead atoms. The van der Waals surface area contributed by atoms with Gasteiger partial charge >= 0.3 is 0 Å². The Morgan fingerprint density at radius 3 is 2.27 bits per heavy atom. The number of ether oxygens (including phenoxy) is 1. The first-order chi connectivity index (χ1) is 6.79. The van der Waals surface area contributed by atoms with E-state index in [1.807, 2.05) is 4.90 Å². The number of methoxy groups -OCH3 is 1. The minimum absolute atomic E-state index is 0. The van der Waals surface area contributed by atoms with E-state index < -0.39 is 6.10 Å². The predicted molar refractivity (Wildman–Crippen MR) is 62.1 cm³/mol. The van der Waals surface area contributed by atoms with E-state index >= 15 is 0 Å². The molecule has 0 aromatic carbocycles. The van der Waals surface area contributed by atoms with Crippen molar-refractivity contribution < 1.29 is 9.53 Å². The zero-order valence-corrected chi connectivity index (χ0v) is 10.1. The third-order valence-electron chi connectivity index (χ3n) is 2.69. The number of likely N-dealkylation sites (tertiary alicyclic amines) is 1. The Bertz CT molecular complexity index is 178. The third kappa shape index (κ3) is 4.36. The normalized spacial score (nSPS) is 18.9. The highest BCUT2D eigenvalue weighted by Crippen LogP contribution is 2.11. The molecule has 5 heteroatoms. The third-order valence-corrected chi connectivity index (χ3v) is 2.69. The molecule has 1 atom stereocenters. The van der Waals surface area contributed by atoms with Crippen LogP contribution in [0.5, 0.6) is 0 Å². The maximum Gasteiger partial charge on any atom is 0.253 e. The summed E-state index contributed by atoms with van der Waals surface area (Å²) in [7, 11) is 1.53. The zero-order chi connectivity index (χ0) is 10.4. The van der Waals surface area contributed by atoms with Crippen LogP contribution in [0.15, 0.2) is 0 Å². The van der Waals surface area contributed by atoms with Crippen molar-refractivity contribution in [2.45, 2.75) is 31.8 Å². The molecule has 1 rings (SSSR count). The van der Waals surface area contributed by atoms with Gasteiger partial charge in [0.15, 0.2) is 0 Å². The standard InChI is InChI=1S/C10H20N2O2.ClH/c1-14-9(8-11)10(13)12-6-4-2-3-5-7-12;/h9H,2-8,11H2,1H3;1H. The lowest BCUT2D eigenvalue weighted by molar-refractivity contribution is -0.141. The van der Waals surface area contributed by atoms with Gasteiger partial charge in [-0.1, -0.05) is 12.8 Å². The summed E-state index contributed by atoms with van der Waals surface area (Å²) in [6.45, 7) is 1.99. The molecule has 0 aromatic rings. The van der Waals surface area contributed by atoms with E-state index in [9.17, 15) is 4.79 Å². The van der Waals surface area contributed by atoms with Crippen molar-refractivity contribution >= 4 is 18.3 Å². The topological polar surface area (TPSA) is 55.6 Å². The molecule has 0 aromatic heterocycles. The van der Waals surface area contributed by atoms with Crippen molar-refractivity contribution in [2.24, 2.45) is 5.73 Å². The molecule has 1 aliphatic heterocycles. The Labute approximate surface area is 97.5 Å². The second-order valence-electron chi connectivity index (χ2n) is 3.70. The monoisotopic (exact) mass is 236 g/mol. The number of carbonyl (C=O) groups is 1. The van der Waals surface area contributed by atoms with Gasteiger partial charge in [-0.2, -0.15) is 0 Å². The molecule has 0 aliphatic carbocycles.